The van der Waals surface area contributed by atoms with E-state index in [1.54, 1.807) is 6.08 Å². The van der Waals surface area contributed by atoms with Crippen LogP contribution in [0.15, 0.2) is 35.7 Å². The van der Waals surface area contributed by atoms with Gasteiger partial charge < -0.3 is 10.2 Å². The van der Waals surface area contributed by atoms with E-state index in [9.17, 15) is 18.5 Å². The predicted molar refractivity (Wildman–Crippen MR) is 130 cm³/mol. The number of piperazine rings is 1. The van der Waals surface area contributed by atoms with Crippen molar-refractivity contribution >= 4 is 38.3 Å². The Labute approximate surface area is 199 Å². The van der Waals surface area contributed by atoms with Gasteiger partial charge in [0.2, 0.25) is 10.0 Å². The van der Waals surface area contributed by atoms with Crippen molar-refractivity contribution in [2.24, 2.45) is 5.92 Å². The highest BCUT2D eigenvalue weighted by molar-refractivity contribution is 7.92. The molecular formula is C24H29N4O3S2+. The van der Waals surface area contributed by atoms with E-state index >= 15 is 0 Å². The van der Waals surface area contributed by atoms with Crippen molar-refractivity contribution in [2.75, 3.05) is 38.0 Å². The van der Waals surface area contributed by atoms with E-state index in [0.29, 0.717) is 42.7 Å². The van der Waals surface area contributed by atoms with Crippen LogP contribution in [0.4, 0.5) is 5.00 Å². The lowest BCUT2D eigenvalue weighted by atomic mass is 9.89. The standard InChI is InChI=1S/C24H28N4O3S2/c1-18-7-8-20-21(16-25)24(32-22(20)15-18)26-23(29)17-27-10-12-28(13-11-27)33(30,31)14-9-19-5-3-2-4-6-19/h2-6,9,14,18H,7-8,10-13,15,17H2,1H3,(H,26,29)/p+1/b14-9+/t18-/m1/s1. The molecule has 1 aromatic carbocycles. The average Bonchev–Trinajstić information content (AvgIpc) is 3.14. The summed E-state index contributed by atoms with van der Waals surface area (Å²) in [7, 11) is -3.49. The fourth-order valence-electron chi connectivity index (χ4n) is 4.40. The fraction of sp³-hybridized carbons (Fsp3) is 0.417. The SMILES string of the molecule is C[C@@H]1CCc2c(sc(NC(=O)C[NH+]3CCN(S(=O)(=O)/C=C/c4ccccc4)CC3)c2C#N)C1. The molecule has 1 amide bonds. The Morgan fingerprint density at radius 3 is 2.73 bits per heavy atom. The molecule has 2 N–H and O–H groups in total. The molecule has 33 heavy (non-hydrogen) atoms. The van der Waals surface area contributed by atoms with Crippen LogP contribution in [0.25, 0.3) is 6.08 Å². The number of thiophene rings is 1. The highest BCUT2D eigenvalue weighted by atomic mass is 32.2. The highest BCUT2D eigenvalue weighted by Crippen LogP contribution is 2.39. The van der Waals surface area contributed by atoms with Gasteiger partial charge in [-0.3, -0.25) is 4.79 Å². The fourth-order valence-corrected chi connectivity index (χ4v) is 6.97. The second-order valence-corrected chi connectivity index (χ2v) is 11.7. The molecule has 0 bridgehead atoms. The van der Waals surface area contributed by atoms with Gasteiger partial charge >= 0.3 is 0 Å². The number of anilines is 1. The molecular weight excluding hydrogens is 456 g/mol. The van der Waals surface area contributed by atoms with Crippen LogP contribution >= 0.6 is 11.3 Å². The number of fused-ring (bicyclic) bond motifs is 1. The first-order chi connectivity index (χ1) is 15.9. The van der Waals surface area contributed by atoms with Crippen molar-refractivity contribution in [3.63, 3.8) is 0 Å². The van der Waals surface area contributed by atoms with Gasteiger partial charge in [0.15, 0.2) is 6.54 Å². The first-order valence-electron chi connectivity index (χ1n) is 11.3. The number of rotatable bonds is 6. The van der Waals surface area contributed by atoms with Crippen molar-refractivity contribution in [3.05, 3.63) is 57.3 Å². The third-order valence-corrected chi connectivity index (χ3v) is 9.04. The summed E-state index contributed by atoms with van der Waals surface area (Å²) in [6.45, 7) is 4.35. The van der Waals surface area contributed by atoms with Crippen LogP contribution in [-0.2, 0) is 27.7 Å². The molecule has 1 saturated heterocycles. The van der Waals surface area contributed by atoms with Gasteiger partial charge in [0.1, 0.15) is 11.1 Å². The van der Waals surface area contributed by atoms with Gasteiger partial charge in [-0.05, 0) is 42.4 Å². The number of carbonyl (C=O) groups is 1. The van der Waals surface area contributed by atoms with Gasteiger partial charge in [-0.15, -0.1) is 11.3 Å². The van der Waals surface area contributed by atoms with Crippen LogP contribution in [0.1, 0.15) is 34.9 Å². The van der Waals surface area contributed by atoms with Crippen molar-refractivity contribution in [3.8, 4) is 6.07 Å². The summed E-state index contributed by atoms with van der Waals surface area (Å²) < 4.78 is 26.7. The molecule has 0 unspecified atom stereocenters. The molecule has 2 aliphatic rings. The van der Waals surface area contributed by atoms with Crippen LogP contribution in [0.2, 0.25) is 0 Å². The van der Waals surface area contributed by atoms with Crippen molar-refractivity contribution in [2.45, 2.75) is 26.2 Å². The number of amides is 1. The lowest BCUT2D eigenvalue weighted by Crippen LogP contribution is -3.15. The maximum Gasteiger partial charge on any atom is 0.280 e. The smallest absolute Gasteiger partial charge is 0.280 e. The van der Waals surface area contributed by atoms with Crippen molar-refractivity contribution in [1.82, 2.24) is 4.31 Å². The number of carbonyl (C=O) groups excluding carboxylic acids is 1. The van der Waals surface area contributed by atoms with E-state index in [4.69, 9.17) is 0 Å². The molecule has 1 fully saturated rings. The summed E-state index contributed by atoms with van der Waals surface area (Å²) in [4.78, 5) is 14.9. The minimum absolute atomic E-state index is 0.131. The first-order valence-corrected chi connectivity index (χ1v) is 13.6. The molecule has 1 atom stereocenters. The summed E-state index contributed by atoms with van der Waals surface area (Å²) in [6.07, 6.45) is 4.54. The molecule has 1 aliphatic heterocycles. The Morgan fingerprint density at radius 1 is 1.30 bits per heavy atom. The normalized spacial score (nSPS) is 19.8. The Hall–Kier alpha value is -2.51. The molecule has 9 heteroatoms. The zero-order valence-electron chi connectivity index (χ0n) is 18.7. The first kappa shape index (κ1) is 23.6. The summed E-state index contributed by atoms with van der Waals surface area (Å²) in [6, 6.07) is 11.6. The Bertz CT molecular complexity index is 1170. The van der Waals surface area contributed by atoms with E-state index < -0.39 is 10.0 Å². The van der Waals surface area contributed by atoms with Crippen molar-refractivity contribution < 1.29 is 18.1 Å². The molecule has 2 aromatic rings. The van der Waals surface area contributed by atoms with Crippen molar-refractivity contribution in [1.29, 1.82) is 5.26 Å². The molecule has 174 valence electrons. The Balaban J connectivity index is 1.31. The van der Waals surface area contributed by atoms with Crippen LogP contribution in [0.5, 0.6) is 0 Å². The largest absolute Gasteiger partial charge is 0.325 e. The third-order valence-electron chi connectivity index (χ3n) is 6.31. The molecule has 0 saturated carbocycles. The van der Waals surface area contributed by atoms with Crippen LogP contribution in [-0.4, -0.2) is 51.4 Å². The van der Waals surface area contributed by atoms with Crippen LogP contribution < -0.4 is 10.2 Å². The monoisotopic (exact) mass is 485 g/mol. The zero-order valence-corrected chi connectivity index (χ0v) is 20.3. The number of benzene rings is 1. The predicted octanol–water partition coefficient (Wildman–Crippen LogP) is 1.88. The second kappa shape index (κ2) is 10.2. The maximum atomic E-state index is 12.7. The number of sulfonamides is 1. The summed E-state index contributed by atoms with van der Waals surface area (Å²) >= 11 is 1.53. The number of quaternary nitrogens is 1. The van der Waals surface area contributed by atoms with Gasteiger partial charge in [0.25, 0.3) is 5.91 Å². The molecule has 0 spiro atoms. The van der Waals surface area contributed by atoms with Gasteiger partial charge in [0.05, 0.1) is 31.7 Å². The average molecular weight is 486 g/mol. The van der Waals surface area contributed by atoms with E-state index in [0.717, 1.165) is 35.3 Å². The number of hydrogen-bond acceptors (Lipinski definition) is 5. The van der Waals surface area contributed by atoms with Gasteiger partial charge in [-0.2, -0.15) is 9.57 Å². The summed E-state index contributed by atoms with van der Waals surface area (Å²) in [5, 5.41) is 14.5. The molecule has 1 aliphatic carbocycles. The topological polar surface area (TPSA) is 94.7 Å². The van der Waals surface area contributed by atoms with Gasteiger partial charge in [0, 0.05) is 10.3 Å². The van der Waals surface area contributed by atoms with Crippen LogP contribution in [0, 0.1) is 17.2 Å². The summed E-state index contributed by atoms with van der Waals surface area (Å²) in [5.74, 6) is 0.472. The number of nitrogens with zero attached hydrogens (tertiary/aromatic N) is 2. The van der Waals surface area contributed by atoms with E-state index in [1.165, 1.54) is 25.9 Å². The zero-order chi connectivity index (χ0) is 23.4. The third kappa shape index (κ3) is 5.71. The highest BCUT2D eigenvalue weighted by Gasteiger charge is 2.29. The van der Waals surface area contributed by atoms with E-state index in [1.807, 2.05) is 30.3 Å². The quantitative estimate of drug-likeness (QED) is 0.653. The molecule has 2 heterocycles. The Morgan fingerprint density at radius 2 is 2.03 bits per heavy atom. The number of nitriles is 1. The molecule has 0 radical (unpaired) electrons. The summed E-state index contributed by atoms with van der Waals surface area (Å²) in [5.41, 5.74) is 2.56. The Kier molecular flexibility index (Phi) is 7.29. The lowest BCUT2D eigenvalue weighted by molar-refractivity contribution is -0.895. The molecule has 4 rings (SSSR count). The van der Waals surface area contributed by atoms with Gasteiger partial charge in [-0.25, -0.2) is 8.42 Å². The van der Waals surface area contributed by atoms with E-state index in [2.05, 4.69) is 18.3 Å². The molecule has 1 aromatic heterocycles. The minimum Gasteiger partial charge on any atom is -0.325 e. The maximum absolute atomic E-state index is 12.7. The second-order valence-electron chi connectivity index (χ2n) is 8.80. The van der Waals surface area contributed by atoms with E-state index in [-0.39, 0.29) is 12.5 Å². The van der Waals surface area contributed by atoms with Gasteiger partial charge in [-0.1, -0.05) is 37.3 Å². The lowest BCUT2D eigenvalue weighted by Gasteiger charge is -2.30. The van der Waals surface area contributed by atoms with Crippen LogP contribution in [0.3, 0.4) is 0 Å². The molecule has 7 nitrogen and oxygen atoms in total. The number of nitrogens with one attached hydrogen (secondary N) is 2. The minimum atomic E-state index is -3.49. The number of hydrogen-bond donors (Lipinski definition) is 2.